The van der Waals surface area contributed by atoms with Gasteiger partial charge in [0.1, 0.15) is 0 Å². The smallest absolute Gasteiger partial charge is 0.330 e. The molecule has 17 heteroatoms. The largest absolute Gasteiger partial charge is 0.416 e. The number of anilines is 1. The van der Waals surface area contributed by atoms with Crippen LogP contribution in [0, 0.1) is 5.92 Å². The summed E-state index contributed by atoms with van der Waals surface area (Å²) in [5.41, 5.74) is -3.96. The highest BCUT2D eigenvalue weighted by Crippen LogP contribution is 2.39. The highest BCUT2D eigenvalue weighted by Gasteiger charge is 2.38. The summed E-state index contributed by atoms with van der Waals surface area (Å²) >= 11 is 0. The molecule has 5 rings (SSSR count). The molecule has 0 radical (unpaired) electrons. The predicted octanol–water partition coefficient (Wildman–Crippen LogP) is 7.11. The predicted molar refractivity (Wildman–Crippen MR) is 160 cm³/mol. The Balaban J connectivity index is 1.52. The molecule has 2 aromatic carbocycles. The Labute approximate surface area is 274 Å². The van der Waals surface area contributed by atoms with Gasteiger partial charge in [-0.25, -0.2) is 0 Å². The van der Waals surface area contributed by atoms with Crippen LogP contribution in [0.1, 0.15) is 59.2 Å². The Hall–Kier alpha value is -4.41. The van der Waals surface area contributed by atoms with Crippen molar-refractivity contribution in [3.63, 3.8) is 0 Å². The van der Waals surface area contributed by atoms with Gasteiger partial charge in [-0.3, -0.25) is 9.69 Å². The maximum absolute atomic E-state index is 14.0. The van der Waals surface area contributed by atoms with Gasteiger partial charge in [-0.2, -0.15) is 44.3 Å². The molecule has 0 spiro atoms. The number of hydrogen-bond donors (Lipinski definition) is 0. The van der Waals surface area contributed by atoms with Gasteiger partial charge in [0.25, 0.3) is 11.5 Å². The number of rotatable bonds is 10. The van der Waals surface area contributed by atoms with Crippen molar-refractivity contribution < 1.29 is 39.5 Å². The zero-order valence-electron chi connectivity index (χ0n) is 26.3. The molecule has 4 aromatic rings. The first-order valence-corrected chi connectivity index (χ1v) is 15.3. The van der Waals surface area contributed by atoms with E-state index in [-0.39, 0.29) is 29.1 Å². The summed E-state index contributed by atoms with van der Waals surface area (Å²) in [5, 5.41) is 11.7. The molecule has 1 fully saturated rings. The molecule has 2 atom stereocenters. The number of hydrogen-bond acceptors (Lipinski definition) is 6. The quantitative estimate of drug-likeness (QED) is 0.164. The normalized spacial score (nSPS) is 16.7. The summed E-state index contributed by atoms with van der Waals surface area (Å²) in [5.74, 6) is -0.129. The number of likely N-dealkylation sites (tertiary alicyclic amines) is 1. The molecule has 1 aliphatic rings. The first-order valence-electron chi connectivity index (χ1n) is 15.3. The van der Waals surface area contributed by atoms with Crippen LogP contribution in [0.15, 0.2) is 65.6 Å². The highest BCUT2D eigenvalue weighted by atomic mass is 19.4. The lowest BCUT2D eigenvalue weighted by molar-refractivity contribution is -0.143. The zero-order chi connectivity index (χ0) is 35.7. The van der Waals surface area contributed by atoms with E-state index >= 15 is 0 Å². The van der Waals surface area contributed by atoms with Crippen LogP contribution in [-0.4, -0.2) is 42.8 Å². The van der Waals surface area contributed by atoms with Gasteiger partial charge < -0.3 is 9.47 Å². The summed E-state index contributed by atoms with van der Waals surface area (Å²) in [6.45, 7) is 2.45. The molecule has 3 heterocycles. The Morgan fingerprint density at radius 1 is 0.878 bits per heavy atom. The van der Waals surface area contributed by atoms with Gasteiger partial charge in [0.05, 0.1) is 23.7 Å². The maximum atomic E-state index is 14.0. The van der Waals surface area contributed by atoms with E-state index in [1.54, 1.807) is 22.9 Å². The lowest BCUT2D eigenvalue weighted by Crippen LogP contribution is -2.30. The molecule has 0 N–H and O–H groups in total. The van der Waals surface area contributed by atoms with E-state index in [1.165, 1.54) is 24.1 Å². The number of nitrogens with zero attached hydrogens (tertiary/aromatic N) is 7. The highest BCUT2D eigenvalue weighted by molar-refractivity contribution is 5.42. The SMILES string of the molecule is CCC(c1ccc(C(F)(F)F)cc1CN(Cc1cc(C(F)(F)F)cc(C(F)(F)F)c1)c1nnn(C)n1)N1CCC(Cn2ccccc2=O)C1. The maximum Gasteiger partial charge on any atom is 0.416 e. The molecule has 49 heavy (non-hydrogen) atoms. The van der Waals surface area contributed by atoms with E-state index in [4.69, 9.17) is 0 Å². The molecule has 264 valence electrons. The van der Waals surface area contributed by atoms with Gasteiger partial charge in [0.2, 0.25) is 0 Å². The zero-order valence-corrected chi connectivity index (χ0v) is 26.3. The topological polar surface area (TPSA) is 72.1 Å². The molecule has 0 bridgehead atoms. The minimum absolute atomic E-state index is 0.00263. The van der Waals surface area contributed by atoms with Crippen molar-refractivity contribution in [1.82, 2.24) is 29.7 Å². The fourth-order valence-corrected chi connectivity index (χ4v) is 6.24. The van der Waals surface area contributed by atoms with Crippen molar-refractivity contribution in [3.8, 4) is 0 Å². The lowest BCUT2D eigenvalue weighted by atomic mass is 9.94. The van der Waals surface area contributed by atoms with Crippen LogP contribution >= 0.6 is 0 Å². The Morgan fingerprint density at radius 3 is 2.12 bits per heavy atom. The molecule has 0 amide bonds. The number of benzene rings is 2. The van der Waals surface area contributed by atoms with E-state index in [9.17, 15) is 44.3 Å². The first kappa shape index (κ1) is 35.9. The van der Waals surface area contributed by atoms with Crippen LogP contribution < -0.4 is 10.5 Å². The molecular weight excluding hydrogens is 669 g/mol. The summed E-state index contributed by atoms with van der Waals surface area (Å²) in [6.07, 6.45) is -12.1. The van der Waals surface area contributed by atoms with Gasteiger partial charge in [0, 0.05) is 44.5 Å². The van der Waals surface area contributed by atoms with Crippen molar-refractivity contribution >= 4 is 5.95 Å². The Morgan fingerprint density at radius 2 is 1.55 bits per heavy atom. The fraction of sp³-hybridized carbons (Fsp3) is 0.438. The Bertz CT molecular complexity index is 1780. The average molecular weight is 702 g/mol. The van der Waals surface area contributed by atoms with Crippen molar-refractivity contribution in [2.75, 3.05) is 18.0 Å². The molecule has 2 aromatic heterocycles. The van der Waals surface area contributed by atoms with Crippen molar-refractivity contribution in [1.29, 1.82) is 0 Å². The number of halogens is 9. The third-order valence-corrected chi connectivity index (χ3v) is 8.49. The van der Waals surface area contributed by atoms with Crippen molar-refractivity contribution in [3.05, 3.63) is 105 Å². The van der Waals surface area contributed by atoms with Crippen LogP contribution in [0.3, 0.4) is 0 Å². The number of tetrazole rings is 1. The van der Waals surface area contributed by atoms with Gasteiger partial charge in [-0.05, 0) is 83.6 Å². The number of aryl methyl sites for hydroxylation is 1. The summed E-state index contributed by atoms with van der Waals surface area (Å²) in [7, 11) is 1.39. The Kier molecular flexibility index (Phi) is 10.1. The number of pyridine rings is 1. The minimum Gasteiger partial charge on any atom is -0.330 e. The van der Waals surface area contributed by atoms with Crippen LogP contribution in [-0.2, 0) is 45.2 Å². The van der Waals surface area contributed by atoms with E-state index in [1.807, 2.05) is 6.92 Å². The van der Waals surface area contributed by atoms with Crippen molar-refractivity contribution in [2.24, 2.45) is 13.0 Å². The van der Waals surface area contributed by atoms with Crippen molar-refractivity contribution in [2.45, 2.75) is 64.0 Å². The van der Waals surface area contributed by atoms with E-state index in [0.717, 1.165) is 23.4 Å². The molecule has 2 unspecified atom stereocenters. The lowest BCUT2D eigenvalue weighted by Gasteiger charge is -2.31. The third-order valence-electron chi connectivity index (χ3n) is 8.49. The van der Waals surface area contributed by atoms with E-state index in [0.29, 0.717) is 43.8 Å². The van der Waals surface area contributed by atoms with Gasteiger partial charge in [-0.1, -0.05) is 24.2 Å². The average Bonchev–Trinajstić information content (AvgIpc) is 3.66. The van der Waals surface area contributed by atoms with Crippen LogP contribution in [0.2, 0.25) is 0 Å². The monoisotopic (exact) mass is 701 g/mol. The fourth-order valence-electron chi connectivity index (χ4n) is 6.24. The summed E-state index contributed by atoms with van der Waals surface area (Å²) in [6, 6.07) is 8.82. The summed E-state index contributed by atoms with van der Waals surface area (Å²) in [4.78, 5) is 16.6. The van der Waals surface area contributed by atoms with Gasteiger partial charge in [-0.15, -0.1) is 5.10 Å². The molecule has 0 aliphatic carbocycles. The molecule has 1 saturated heterocycles. The summed E-state index contributed by atoms with van der Waals surface area (Å²) < 4.78 is 126. The third kappa shape index (κ3) is 8.61. The van der Waals surface area contributed by atoms with Crippen LogP contribution in [0.5, 0.6) is 0 Å². The van der Waals surface area contributed by atoms with Gasteiger partial charge >= 0.3 is 18.5 Å². The standard InChI is InChI=1S/C32H32F9N7O/c1-3-27(46-11-9-20(16-46)17-47-10-5-4-6-28(47)49)26-8-7-23(30(33,34)35)14-22(26)19-48(29-42-44-45(2)43-29)18-21-12-24(31(36,37)38)15-25(13-21)32(39,40)41/h4-8,10,12-15,20,27H,3,9,11,16-19H2,1-2H3. The van der Waals surface area contributed by atoms with E-state index in [2.05, 4.69) is 20.3 Å². The second-order valence-electron chi connectivity index (χ2n) is 12.0. The van der Waals surface area contributed by atoms with E-state index < -0.39 is 59.9 Å². The van der Waals surface area contributed by atoms with Crippen LogP contribution in [0.4, 0.5) is 45.5 Å². The number of aromatic nitrogens is 5. The second kappa shape index (κ2) is 13.8. The molecular formula is C32H32F9N7O. The molecule has 8 nitrogen and oxygen atoms in total. The number of alkyl halides is 9. The first-order chi connectivity index (χ1) is 22.9. The van der Waals surface area contributed by atoms with Crippen LogP contribution in [0.25, 0.3) is 0 Å². The molecule has 1 aliphatic heterocycles. The molecule has 0 saturated carbocycles. The minimum atomic E-state index is -5.10. The van der Waals surface area contributed by atoms with Gasteiger partial charge in [0.15, 0.2) is 0 Å². The second-order valence-corrected chi connectivity index (χ2v) is 12.0.